The van der Waals surface area contributed by atoms with Gasteiger partial charge in [0.2, 0.25) is 0 Å². The average Bonchev–Trinajstić information content (AvgIpc) is 3.41. The maximum atomic E-state index is 11.9. The average molecular weight is 318 g/mol. The number of hydrogen-bond donors (Lipinski definition) is 2. The summed E-state index contributed by atoms with van der Waals surface area (Å²) in [6.07, 6.45) is 6.72. The van der Waals surface area contributed by atoms with Gasteiger partial charge in [-0.15, -0.1) is 0 Å². The zero-order valence-electron chi connectivity index (χ0n) is 13.8. The molecule has 1 amide bonds. The van der Waals surface area contributed by atoms with Crippen LogP contribution in [0.15, 0.2) is 18.3 Å². The SMILES string of the molecule is COCCNC(=O)c1ccc(NC2CCN(C3CC3)CC2)nc1. The van der Waals surface area contributed by atoms with Crippen molar-refractivity contribution in [3.63, 3.8) is 0 Å². The molecule has 0 spiro atoms. The number of pyridine rings is 1. The van der Waals surface area contributed by atoms with Gasteiger partial charge in [0.05, 0.1) is 12.2 Å². The van der Waals surface area contributed by atoms with Gasteiger partial charge in [-0.25, -0.2) is 4.98 Å². The lowest BCUT2D eigenvalue weighted by molar-refractivity contribution is 0.0937. The fourth-order valence-electron chi connectivity index (χ4n) is 3.04. The van der Waals surface area contributed by atoms with E-state index in [1.165, 1.54) is 25.9 Å². The number of amides is 1. The van der Waals surface area contributed by atoms with E-state index in [1.54, 1.807) is 13.3 Å². The Morgan fingerprint density at radius 3 is 2.70 bits per heavy atom. The van der Waals surface area contributed by atoms with Gasteiger partial charge in [-0.3, -0.25) is 4.79 Å². The highest BCUT2D eigenvalue weighted by Gasteiger charge is 2.31. The van der Waals surface area contributed by atoms with Gasteiger partial charge < -0.3 is 20.3 Å². The number of hydrogen-bond acceptors (Lipinski definition) is 5. The molecule has 0 bridgehead atoms. The molecule has 2 N–H and O–H groups in total. The number of ether oxygens (including phenoxy) is 1. The molecular formula is C17H26N4O2. The van der Waals surface area contributed by atoms with Crippen molar-refractivity contribution in [3.8, 4) is 0 Å². The fraction of sp³-hybridized carbons (Fsp3) is 0.647. The number of aromatic nitrogens is 1. The van der Waals surface area contributed by atoms with E-state index in [0.29, 0.717) is 24.8 Å². The van der Waals surface area contributed by atoms with Crippen molar-refractivity contribution in [2.45, 2.75) is 37.8 Å². The number of piperidine rings is 1. The first-order chi connectivity index (χ1) is 11.3. The van der Waals surface area contributed by atoms with Crippen molar-refractivity contribution < 1.29 is 9.53 Å². The second kappa shape index (κ2) is 7.75. The molecule has 3 rings (SSSR count). The van der Waals surface area contributed by atoms with Gasteiger partial charge in [-0.05, 0) is 37.8 Å². The Labute approximate surface area is 137 Å². The van der Waals surface area contributed by atoms with Crippen LogP contribution in [0.25, 0.3) is 0 Å². The molecule has 0 unspecified atom stereocenters. The van der Waals surface area contributed by atoms with E-state index < -0.39 is 0 Å². The molecule has 2 aliphatic rings. The Balaban J connectivity index is 1.44. The first kappa shape index (κ1) is 16.2. The molecule has 1 aliphatic heterocycles. The maximum Gasteiger partial charge on any atom is 0.252 e. The van der Waals surface area contributed by atoms with E-state index >= 15 is 0 Å². The minimum Gasteiger partial charge on any atom is -0.383 e. The predicted octanol–water partition coefficient (Wildman–Crippen LogP) is 1.50. The van der Waals surface area contributed by atoms with Crippen LogP contribution in [0.2, 0.25) is 0 Å². The summed E-state index contributed by atoms with van der Waals surface area (Å²) >= 11 is 0. The predicted molar refractivity (Wildman–Crippen MR) is 89.7 cm³/mol. The van der Waals surface area contributed by atoms with Crippen LogP contribution in [0.1, 0.15) is 36.0 Å². The third-order valence-electron chi connectivity index (χ3n) is 4.56. The van der Waals surface area contributed by atoms with Crippen molar-refractivity contribution in [3.05, 3.63) is 23.9 Å². The molecule has 1 aromatic rings. The van der Waals surface area contributed by atoms with E-state index in [2.05, 4.69) is 20.5 Å². The molecule has 6 nitrogen and oxygen atoms in total. The van der Waals surface area contributed by atoms with E-state index in [9.17, 15) is 4.79 Å². The molecule has 1 aromatic heterocycles. The van der Waals surface area contributed by atoms with E-state index in [4.69, 9.17) is 4.74 Å². The number of likely N-dealkylation sites (tertiary alicyclic amines) is 1. The van der Waals surface area contributed by atoms with Crippen LogP contribution in [-0.4, -0.2) is 61.2 Å². The summed E-state index contributed by atoms with van der Waals surface area (Å²) in [4.78, 5) is 18.9. The van der Waals surface area contributed by atoms with Crippen LogP contribution in [0.5, 0.6) is 0 Å². The largest absolute Gasteiger partial charge is 0.383 e. The fourth-order valence-corrected chi connectivity index (χ4v) is 3.04. The van der Waals surface area contributed by atoms with Gasteiger partial charge in [0.15, 0.2) is 0 Å². The lowest BCUT2D eigenvalue weighted by atomic mass is 10.0. The van der Waals surface area contributed by atoms with Crippen molar-refractivity contribution in [2.75, 3.05) is 38.7 Å². The summed E-state index contributed by atoms with van der Waals surface area (Å²) in [5.74, 6) is 0.738. The number of methoxy groups -OCH3 is 1. The minimum absolute atomic E-state index is 0.112. The Morgan fingerprint density at radius 1 is 1.30 bits per heavy atom. The number of anilines is 1. The number of carbonyl (C=O) groups excluding carboxylic acids is 1. The number of nitrogens with zero attached hydrogens (tertiary/aromatic N) is 2. The highest BCUT2D eigenvalue weighted by Crippen LogP contribution is 2.29. The Morgan fingerprint density at radius 2 is 2.09 bits per heavy atom. The van der Waals surface area contributed by atoms with Crippen LogP contribution in [0.3, 0.4) is 0 Å². The highest BCUT2D eigenvalue weighted by atomic mass is 16.5. The second-order valence-electron chi connectivity index (χ2n) is 6.37. The summed E-state index contributed by atoms with van der Waals surface area (Å²) in [6.45, 7) is 3.39. The maximum absolute atomic E-state index is 11.9. The topological polar surface area (TPSA) is 66.5 Å². The quantitative estimate of drug-likeness (QED) is 0.746. The van der Waals surface area contributed by atoms with Crippen LogP contribution >= 0.6 is 0 Å². The molecule has 126 valence electrons. The third kappa shape index (κ3) is 4.65. The monoisotopic (exact) mass is 318 g/mol. The summed E-state index contributed by atoms with van der Waals surface area (Å²) in [5.41, 5.74) is 0.579. The van der Waals surface area contributed by atoms with Crippen molar-refractivity contribution in [1.29, 1.82) is 0 Å². The summed E-state index contributed by atoms with van der Waals surface area (Å²) in [6, 6.07) is 5.05. The van der Waals surface area contributed by atoms with Crippen molar-refractivity contribution in [2.24, 2.45) is 0 Å². The lowest BCUT2D eigenvalue weighted by Crippen LogP contribution is -2.40. The molecule has 23 heavy (non-hydrogen) atoms. The van der Waals surface area contributed by atoms with Crippen LogP contribution in [0, 0.1) is 0 Å². The van der Waals surface area contributed by atoms with E-state index in [0.717, 1.165) is 24.7 Å². The first-order valence-electron chi connectivity index (χ1n) is 8.50. The molecule has 1 saturated carbocycles. The van der Waals surface area contributed by atoms with Crippen LogP contribution in [-0.2, 0) is 4.74 Å². The normalized spacial score (nSPS) is 19.5. The zero-order chi connectivity index (χ0) is 16.1. The van der Waals surface area contributed by atoms with Gasteiger partial charge in [0.1, 0.15) is 5.82 Å². The van der Waals surface area contributed by atoms with Gasteiger partial charge in [-0.1, -0.05) is 0 Å². The lowest BCUT2D eigenvalue weighted by Gasteiger charge is -2.32. The minimum atomic E-state index is -0.112. The second-order valence-corrected chi connectivity index (χ2v) is 6.37. The first-order valence-corrected chi connectivity index (χ1v) is 8.50. The molecule has 1 aliphatic carbocycles. The molecular weight excluding hydrogens is 292 g/mol. The summed E-state index contributed by atoms with van der Waals surface area (Å²) < 4.78 is 4.91. The van der Waals surface area contributed by atoms with Gasteiger partial charge >= 0.3 is 0 Å². The van der Waals surface area contributed by atoms with Gasteiger partial charge in [-0.2, -0.15) is 0 Å². The van der Waals surface area contributed by atoms with E-state index in [1.807, 2.05) is 12.1 Å². The Kier molecular flexibility index (Phi) is 5.46. The molecule has 2 heterocycles. The summed E-state index contributed by atoms with van der Waals surface area (Å²) in [5, 5.41) is 6.28. The number of nitrogens with one attached hydrogen (secondary N) is 2. The highest BCUT2D eigenvalue weighted by molar-refractivity contribution is 5.94. The van der Waals surface area contributed by atoms with Crippen LogP contribution < -0.4 is 10.6 Å². The smallest absolute Gasteiger partial charge is 0.252 e. The molecule has 6 heteroatoms. The molecule has 1 saturated heterocycles. The van der Waals surface area contributed by atoms with Crippen molar-refractivity contribution >= 4 is 11.7 Å². The van der Waals surface area contributed by atoms with E-state index in [-0.39, 0.29) is 5.91 Å². The summed E-state index contributed by atoms with van der Waals surface area (Å²) in [7, 11) is 1.61. The Bertz CT molecular complexity index is 508. The molecule has 0 aromatic carbocycles. The number of carbonyl (C=O) groups is 1. The zero-order valence-corrected chi connectivity index (χ0v) is 13.8. The standard InChI is InChI=1S/C17H26N4O2/c1-23-11-8-18-17(22)13-2-5-16(19-12-13)20-14-6-9-21(10-7-14)15-3-4-15/h2,5,12,14-15H,3-4,6-11H2,1H3,(H,18,22)(H,19,20). The third-order valence-corrected chi connectivity index (χ3v) is 4.56. The molecule has 0 atom stereocenters. The van der Waals surface area contributed by atoms with Gasteiger partial charge in [0, 0.05) is 45.0 Å². The van der Waals surface area contributed by atoms with Gasteiger partial charge in [0.25, 0.3) is 5.91 Å². The molecule has 0 radical (unpaired) electrons. The van der Waals surface area contributed by atoms with Crippen LogP contribution in [0.4, 0.5) is 5.82 Å². The molecule has 2 fully saturated rings. The Hall–Kier alpha value is -1.66. The van der Waals surface area contributed by atoms with Crippen molar-refractivity contribution in [1.82, 2.24) is 15.2 Å². The number of rotatable bonds is 7.